The fourth-order valence-corrected chi connectivity index (χ4v) is 3.47. The lowest BCUT2D eigenvalue weighted by Crippen LogP contribution is -2.53. The molecule has 6 nitrogen and oxygen atoms in total. The molecule has 0 aromatic heterocycles. The fourth-order valence-electron chi connectivity index (χ4n) is 3.28. The van der Waals surface area contributed by atoms with Crippen LogP contribution in [-0.4, -0.2) is 69.1 Å². The van der Waals surface area contributed by atoms with Gasteiger partial charge in [0.25, 0.3) is 0 Å². The number of hydrogen-bond acceptors (Lipinski definition) is 4. The van der Waals surface area contributed by atoms with Gasteiger partial charge in [-0.2, -0.15) is 0 Å². The SMILES string of the molecule is CCNC(=NCCOc1ccccc1Cl)N1CCOC(C2CCCO2)C1. The first-order valence-electron chi connectivity index (χ1n) is 9.41. The molecule has 0 saturated carbocycles. The summed E-state index contributed by atoms with van der Waals surface area (Å²) in [5.74, 6) is 1.60. The molecular formula is C19H28ClN3O3. The molecule has 7 heteroatoms. The highest BCUT2D eigenvalue weighted by Crippen LogP contribution is 2.23. The van der Waals surface area contributed by atoms with Crippen molar-refractivity contribution in [3.8, 4) is 5.75 Å². The zero-order valence-corrected chi connectivity index (χ0v) is 16.1. The number of nitrogens with one attached hydrogen (secondary N) is 1. The van der Waals surface area contributed by atoms with Gasteiger partial charge in [-0.25, -0.2) is 4.99 Å². The van der Waals surface area contributed by atoms with Crippen molar-refractivity contribution in [3.05, 3.63) is 29.3 Å². The third-order valence-corrected chi connectivity index (χ3v) is 4.87. The Kier molecular flexibility index (Phi) is 7.41. The Bertz CT molecular complexity index is 593. The maximum absolute atomic E-state index is 6.11. The molecule has 0 radical (unpaired) electrons. The van der Waals surface area contributed by atoms with E-state index in [4.69, 9.17) is 30.8 Å². The number of rotatable bonds is 6. The molecule has 0 bridgehead atoms. The summed E-state index contributed by atoms with van der Waals surface area (Å²) >= 11 is 6.11. The second-order valence-corrected chi connectivity index (χ2v) is 6.83. The molecule has 1 aromatic carbocycles. The van der Waals surface area contributed by atoms with Crippen LogP contribution in [0.3, 0.4) is 0 Å². The first-order valence-corrected chi connectivity index (χ1v) is 9.79. The highest BCUT2D eigenvalue weighted by molar-refractivity contribution is 6.32. The summed E-state index contributed by atoms with van der Waals surface area (Å²) in [5.41, 5.74) is 0. The van der Waals surface area contributed by atoms with Gasteiger partial charge in [-0.1, -0.05) is 23.7 Å². The number of benzene rings is 1. The van der Waals surface area contributed by atoms with Gasteiger partial charge in [-0.3, -0.25) is 0 Å². The second-order valence-electron chi connectivity index (χ2n) is 6.42. The van der Waals surface area contributed by atoms with Crippen LogP contribution in [0.1, 0.15) is 19.8 Å². The number of hydrogen-bond donors (Lipinski definition) is 1. The second kappa shape index (κ2) is 10.00. The molecule has 2 heterocycles. The van der Waals surface area contributed by atoms with Crippen LogP contribution in [-0.2, 0) is 9.47 Å². The van der Waals surface area contributed by atoms with Gasteiger partial charge in [0.05, 0.1) is 24.3 Å². The number of morpholine rings is 1. The number of halogens is 1. The van der Waals surface area contributed by atoms with Crippen molar-refractivity contribution in [1.29, 1.82) is 0 Å². The lowest BCUT2D eigenvalue weighted by Gasteiger charge is -2.37. The Labute approximate surface area is 160 Å². The van der Waals surface area contributed by atoms with Crippen molar-refractivity contribution in [3.63, 3.8) is 0 Å². The maximum Gasteiger partial charge on any atom is 0.194 e. The molecule has 0 spiro atoms. The first-order chi connectivity index (χ1) is 12.8. The van der Waals surface area contributed by atoms with Gasteiger partial charge in [0.15, 0.2) is 5.96 Å². The van der Waals surface area contributed by atoms with E-state index in [9.17, 15) is 0 Å². The predicted octanol–water partition coefficient (Wildman–Crippen LogP) is 2.56. The van der Waals surface area contributed by atoms with Crippen molar-refractivity contribution in [2.75, 3.05) is 46.0 Å². The smallest absolute Gasteiger partial charge is 0.194 e. The number of nitrogens with zero attached hydrogens (tertiary/aromatic N) is 2. The molecule has 26 heavy (non-hydrogen) atoms. The average Bonchev–Trinajstić information content (AvgIpc) is 3.20. The Balaban J connectivity index is 1.53. The molecule has 3 rings (SSSR count). The molecule has 0 amide bonds. The number of para-hydroxylation sites is 1. The summed E-state index contributed by atoms with van der Waals surface area (Å²) in [5, 5.41) is 3.99. The highest BCUT2D eigenvalue weighted by atomic mass is 35.5. The third kappa shape index (κ3) is 5.25. The molecular weight excluding hydrogens is 354 g/mol. The minimum Gasteiger partial charge on any atom is -0.490 e. The molecule has 2 atom stereocenters. The number of guanidine groups is 1. The van der Waals surface area contributed by atoms with E-state index in [1.54, 1.807) is 0 Å². The minimum absolute atomic E-state index is 0.120. The molecule has 1 N–H and O–H groups in total. The largest absolute Gasteiger partial charge is 0.490 e. The van der Waals surface area contributed by atoms with Crippen molar-refractivity contribution in [2.45, 2.75) is 32.0 Å². The average molecular weight is 382 g/mol. The van der Waals surface area contributed by atoms with Gasteiger partial charge in [0.1, 0.15) is 18.5 Å². The van der Waals surface area contributed by atoms with Gasteiger partial charge in [-0.15, -0.1) is 0 Å². The van der Waals surface area contributed by atoms with E-state index in [0.29, 0.717) is 30.5 Å². The monoisotopic (exact) mass is 381 g/mol. The zero-order valence-electron chi connectivity index (χ0n) is 15.3. The third-order valence-electron chi connectivity index (χ3n) is 4.55. The molecule has 2 aliphatic heterocycles. The summed E-state index contributed by atoms with van der Waals surface area (Å²) in [4.78, 5) is 6.97. The van der Waals surface area contributed by atoms with Crippen molar-refractivity contribution in [2.24, 2.45) is 4.99 Å². The lowest BCUT2D eigenvalue weighted by molar-refractivity contribution is -0.0817. The molecule has 2 saturated heterocycles. The Morgan fingerprint density at radius 2 is 2.15 bits per heavy atom. The van der Waals surface area contributed by atoms with Crippen LogP contribution in [0, 0.1) is 0 Å². The lowest BCUT2D eigenvalue weighted by atomic mass is 10.1. The molecule has 1 aromatic rings. The maximum atomic E-state index is 6.11. The van der Waals surface area contributed by atoms with Crippen LogP contribution in [0.15, 0.2) is 29.3 Å². The molecule has 2 unspecified atom stereocenters. The summed E-state index contributed by atoms with van der Waals surface area (Å²) in [6, 6.07) is 7.49. The van der Waals surface area contributed by atoms with Crippen LogP contribution in [0.5, 0.6) is 5.75 Å². The van der Waals surface area contributed by atoms with Crippen molar-refractivity contribution in [1.82, 2.24) is 10.2 Å². The van der Waals surface area contributed by atoms with E-state index in [1.165, 1.54) is 0 Å². The molecule has 0 aliphatic carbocycles. The van der Waals surface area contributed by atoms with Gasteiger partial charge in [0.2, 0.25) is 0 Å². The topological polar surface area (TPSA) is 55.3 Å². The normalized spacial score (nSPS) is 23.9. The first kappa shape index (κ1) is 19.3. The summed E-state index contributed by atoms with van der Waals surface area (Å²) in [6.07, 6.45) is 2.54. The zero-order chi connectivity index (χ0) is 18.2. The van der Waals surface area contributed by atoms with Crippen molar-refractivity contribution >= 4 is 17.6 Å². The fraction of sp³-hybridized carbons (Fsp3) is 0.632. The highest BCUT2D eigenvalue weighted by Gasteiger charge is 2.32. The van der Waals surface area contributed by atoms with Crippen LogP contribution in [0.4, 0.5) is 0 Å². The Hall–Kier alpha value is -1.50. The van der Waals surface area contributed by atoms with Gasteiger partial charge in [-0.05, 0) is 31.9 Å². The van der Waals surface area contributed by atoms with E-state index >= 15 is 0 Å². The molecule has 144 valence electrons. The quantitative estimate of drug-likeness (QED) is 0.466. The summed E-state index contributed by atoms with van der Waals surface area (Å²) in [7, 11) is 0. The Morgan fingerprint density at radius 1 is 1.31 bits per heavy atom. The summed E-state index contributed by atoms with van der Waals surface area (Å²) < 4.78 is 17.4. The number of ether oxygens (including phenoxy) is 3. The summed E-state index contributed by atoms with van der Waals surface area (Å²) in [6.45, 7) is 7.14. The van der Waals surface area contributed by atoms with Gasteiger partial charge < -0.3 is 24.4 Å². The Morgan fingerprint density at radius 3 is 2.92 bits per heavy atom. The van der Waals surface area contributed by atoms with E-state index in [1.807, 2.05) is 24.3 Å². The van der Waals surface area contributed by atoms with Crippen LogP contribution in [0.2, 0.25) is 5.02 Å². The van der Waals surface area contributed by atoms with Gasteiger partial charge in [0, 0.05) is 26.2 Å². The van der Waals surface area contributed by atoms with E-state index in [-0.39, 0.29) is 12.2 Å². The van der Waals surface area contributed by atoms with Crippen LogP contribution in [0.25, 0.3) is 0 Å². The predicted molar refractivity (Wildman–Crippen MR) is 103 cm³/mol. The minimum atomic E-state index is 0.120. The van der Waals surface area contributed by atoms with Crippen molar-refractivity contribution < 1.29 is 14.2 Å². The van der Waals surface area contributed by atoms with Crippen LogP contribution < -0.4 is 10.1 Å². The van der Waals surface area contributed by atoms with Crippen LogP contribution >= 0.6 is 11.6 Å². The van der Waals surface area contributed by atoms with E-state index in [0.717, 1.165) is 45.0 Å². The standard InChI is InChI=1S/C19H28ClN3O3/c1-2-21-19(22-9-12-25-16-7-4-3-6-15(16)20)23-10-13-26-18(14-23)17-8-5-11-24-17/h3-4,6-7,17-18H,2,5,8-14H2,1H3,(H,21,22). The molecule has 2 fully saturated rings. The number of aliphatic imine (C=N–C) groups is 1. The van der Waals surface area contributed by atoms with E-state index in [2.05, 4.69) is 17.1 Å². The molecule has 2 aliphatic rings. The van der Waals surface area contributed by atoms with E-state index < -0.39 is 0 Å². The van der Waals surface area contributed by atoms with Gasteiger partial charge >= 0.3 is 0 Å².